The molecule has 486 valence electrons. The molecule has 0 aliphatic rings. The molecule has 0 atom stereocenters. The second-order valence-corrected chi connectivity index (χ2v) is 28.0. The van der Waals surface area contributed by atoms with Gasteiger partial charge in [0, 0.05) is 65.3 Å². The Labute approximate surface area is 591 Å². The van der Waals surface area contributed by atoms with Crippen molar-refractivity contribution in [3.05, 3.63) is 324 Å². The van der Waals surface area contributed by atoms with Crippen LogP contribution in [0.3, 0.4) is 0 Å². The minimum Gasteiger partial charge on any atom is -0.308 e. The number of nitrogens with zero attached hydrogens (tertiary/aromatic N) is 8. The number of aryl methyl sites for hydroxylation is 8. The molecule has 0 saturated heterocycles. The maximum absolute atomic E-state index is 6.17. The van der Waals surface area contributed by atoms with Gasteiger partial charge in [-0.1, -0.05) is 214 Å². The molecular formula is C94H70N8. The van der Waals surface area contributed by atoms with Crippen molar-refractivity contribution in [1.82, 2.24) is 38.2 Å². The van der Waals surface area contributed by atoms with Crippen LogP contribution in [0.5, 0.6) is 0 Å². The zero-order valence-corrected chi connectivity index (χ0v) is 58.1. The van der Waals surface area contributed by atoms with Gasteiger partial charge in [-0.15, -0.1) is 0 Å². The smallest absolute Gasteiger partial charge is 0.164 e. The largest absolute Gasteiger partial charge is 0.308 e. The molecule has 6 heterocycles. The highest BCUT2D eigenvalue weighted by Crippen LogP contribution is 2.55. The summed E-state index contributed by atoms with van der Waals surface area (Å²) < 4.78 is 10.3. The van der Waals surface area contributed by atoms with Gasteiger partial charge in [0.1, 0.15) is 0 Å². The topological polar surface area (TPSA) is 71.3 Å². The maximum Gasteiger partial charge on any atom is 0.164 e. The van der Waals surface area contributed by atoms with Crippen LogP contribution in [0.2, 0.25) is 0 Å². The summed E-state index contributed by atoms with van der Waals surface area (Å²) in [5.74, 6) is 1.03. The van der Waals surface area contributed by atoms with E-state index in [0.717, 1.165) is 211 Å². The molecule has 0 amide bonds. The van der Waals surface area contributed by atoms with Gasteiger partial charge in [0.25, 0.3) is 0 Å². The molecule has 0 aliphatic heterocycles. The predicted molar refractivity (Wildman–Crippen MR) is 425 cm³/mol. The quantitative estimate of drug-likeness (QED) is 0.137. The second-order valence-electron chi connectivity index (χ2n) is 28.0. The number of aromatic nitrogens is 8. The predicted octanol–water partition coefficient (Wildman–Crippen LogP) is 24.1. The molecule has 19 aromatic rings. The van der Waals surface area contributed by atoms with Crippen LogP contribution in [0.25, 0.3) is 178 Å². The van der Waals surface area contributed by atoms with Gasteiger partial charge in [0.15, 0.2) is 11.6 Å². The van der Waals surface area contributed by atoms with Crippen LogP contribution in [0.1, 0.15) is 44.5 Å². The summed E-state index contributed by atoms with van der Waals surface area (Å²) in [4.78, 5) is 24.7. The van der Waals surface area contributed by atoms with Crippen LogP contribution < -0.4 is 0 Å². The van der Waals surface area contributed by atoms with Gasteiger partial charge >= 0.3 is 0 Å². The highest BCUT2D eigenvalue weighted by molar-refractivity contribution is 6.19. The lowest BCUT2D eigenvalue weighted by Gasteiger charge is -2.30. The molecular weight excluding hydrogens is 1240 g/mol. The van der Waals surface area contributed by atoms with Gasteiger partial charge in [-0.25, -0.2) is 19.9 Å². The zero-order chi connectivity index (χ0) is 68.8. The molecule has 0 fully saturated rings. The summed E-state index contributed by atoms with van der Waals surface area (Å²) in [5.41, 5.74) is 29.4. The van der Waals surface area contributed by atoms with Crippen LogP contribution in [0, 0.1) is 55.4 Å². The van der Waals surface area contributed by atoms with Crippen molar-refractivity contribution in [2.24, 2.45) is 0 Å². The van der Waals surface area contributed by atoms with Crippen molar-refractivity contribution in [3.63, 3.8) is 0 Å². The molecule has 102 heavy (non-hydrogen) atoms. The molecule has 6 aromatic heterocycles. The number of fused-ring (bicyclic) bond motifs is 12. The molecule has 0 bridgehead atoms. The normalized spacial score (nSPS) is 11.9. The Hall–Kier alpha value is -12.8. The van der Waals surface area contributed by atoms with Crippen molar-refractivity contribution in [3.8, 4) is 90.6 Å². The summed E-state index contributed by atoms with van der Waals surface area (Å²) >= 11 is 0. The zero-order valence-electron chi connectivity index (χ0n) is 58.1. The Bertz CT molecular complexity index is 6060. The summed E-state index contributed by atoms with van der Waals surface area (Å²) in [6.07, 6.45) is 0. The van der Waals surface area contributed by atoms with Gasteiger partial charge in [-0.05, 0) is 165 Å². The fourth-order valence-electron chi connectivity index (χ4n) is 16.1. The van der Waals surface area contributed by atoms with Crippen LogP contribution in [-0.2, 0) is 0 Å². The molecule has 0 N–H and O–H groups in total. The van der Waals surface area contributed by atoms with Crippen molar-refractivity contribution >= 4 is 87.2 Å². The fraction of sp³-hybridized carbons (Fsp3) is 0.0851. The fourth-order valence-corrected chi connectivity index (χ4v) is 16.1. The van der Waals surface area contributed by atoms with E-state index in [-0.39, 0.29) is 0 Å². The Morgan fingerprint density at radius 3 is 0.578 bits per heavy atom. The molecule has 0 aliphatic carbocycles. The minimum absolute atomic E-state index is 0.515. The van der Waals surface area contributed by atoms with Crippen LogP contribution in [0.4, 0.5) is 0 Å². The van der Waals surface area contributed by atoms with E-state index in [9.17, 15) is 0 Å². The van der Waals surface area contributed by atoms with E-state index in [4.69, 9.17) is 19.9 Å². The third-order valence-corrected chi connectivity index (χ3v) is 20.8. The molecule has 0 unspecified atom stereocenters. The van der Waals surface area contributed by atoms with E-state index >= 15 is 0 Å². The van der Waals surface area contributed by atoms with Crippen molar-refractivity contribution in [1.29, 1.82) is 0 Å². The Balaban J connectivity index is 1.21. The molecule has 0 saturated carbocycles. The summed E-state index contributed by atoms with van der Waals surface area (Å²) in [6, 6.07) is 103. The lowest BCUT2D eigenvalue weighted by molar-refractivity contribution is 1.02. The average Bonchev–Trinajstić information content (AvgIpc) is 1.40. The first-order valence-electron chi connectivity index (χ1n) is 35.2. The van der Waals surface area contributed by atoms with Crippen molar-refractivity contribution in [2.75, 3.05) is 0 Å². The average molecular weight is 1310 g/mol. The van der Waals surface area contributed by atoms with Gasteiger partial charge in [0.2, 0.25) is 0 Å². The van der Waals surface area contributed by atoms with E-state index in [1.807, 2.05) is 0 Å². The number of hydrogen-bond donors (Lipinski definition) is 0. The molecule has 19 rings (SSSR count). The number of hydrogen-bond acceptors (Lipinski definition) is 4. The Kier molecular flexibility index (Phi) is 13.9. The first-order chi connectivity index (χ1) is 49.8. The monoisotopic (exact) mass is 1310 g/mol. The molecule has 0 radical (unpaired) electrons. The van der Waals surface area contributed by atoms with E-state index in [1.54, 1.807) is 0 Å². The first kappa shape index (κ1) is 60.4. The molecule has 13 aromatic carbocycles. The standard InChI is InChI=1S/C94H70N8/c1-55-29-37-79-67(45-55)68-46-56(2)30-38-80(68)99(79)89-87(93-95-75(63-21-13-9-14-22-63)53-76(96-93)64-23-15-10-16-24-64)90(100-81-39-31-57(3)47-69(81)70-48-58(4)32-40-82(70)100)92(102-85-43-35-61(7)51-73(85)74-52-62(8)36-44-86(74)102)91(101-83-41-33-59(5)49-71(83)72-50-60(6)34-42-84(72)101)88(89)94-97-77(65-25-17-11-18-26-65)54-78(98-94)66-27-19-12-20-28-66/h9-54H,1-8H3. The number of rotatable bonds is 10. The Morgan fingerprint density at radius 1 is 0.186 bits per heavy atom. The van der Waals surface area contributed by atoms with Gasteiger partial charge in [-0.2, -0.15) is 0 Å². The minimum atomic E-state index is 0.515. The molecule has 8 heteroatoms. The first-order valence-corrected chi connectivity index (χ1v) is 35.2. The summed E-state index contributed by atoms with van der Waals surface area (Å²) in [7, 11) is 0. The van der Waals surface area contributed by atoms with E-state index in [0.29, 0.717) is 11.6 Å². The lowest BCUT2D eigenvalue weighted by Crippen LogP contribution is -2.17. The van der Waals surface area contributed by atoms with E-state index in [1.165, 1.54) is 0 Å². The van der Waals surface area contributed by atoms with Gasteiger partial charge in [0.05, 0.1) is 101 Å². The molecule has 8 nitrogen and oxygen atoms in total. The molecule has 0 spiro atoms. The SMILES string of the molecule is Cc1ccc2c(c1)c1cc(C)ccc1n2-c1c(-c2nc(-c3ccccc3)cc(-c3ccccc3)n2)c(-n2c3ccc(C)cc3c3cc(C)ccc32)c(-n2c3ccc(C)cc3c3cc(C)ccc32)c(-n2c3ccc(C)cc3c3cc(C)ccc32)c1-c1nc(-c2ccccc2)cc(-c2ccccc2)n1. The van der Waals surface area contributed by atoms with Crippen molar-refractivity contribution in [2.45, 2.75) is 55.4 Å². The Morgan fingerprint density at radius 2 is 0.373 bits per heavy atom. The number of benzene rings is 13. The van der Waals surface area contributed by atoms with Gasteiger partial charge < -0.3 is 18.3 Å². The van der Waals surface area contributed by atoms with Crippen molar-refractivity contribution < 1.29 is 0 Å². The highest BCUT2D eigenvalue weighted by Gasteiger charge is 2.38. The van der Waals surface area contributed by atoms with Gasteiger partial charge in [-0.3, -0.25) is 0 Å². The third-order valence-electron chi connectivity index (χ3n) is 20.8. The van der Waals surface area contributed by atoms with Crippen LogP contribution in [0.15, 0.2) is 279 Å². The summed E-state index contributed by atoms with van der Waals surface area (Å²) in [5, 5.41) is 9.03. The summed E-state index contributed by atoms with van der Waals surface area (Å²) in [6.45, 7) is 17.7. The van der Waals surface area contributed by atoms with Crippen LogP contribution >= 0.6 is 0 Å². The highest BCUT2D eigenvalue weighted by atomic mass is 15.1. The van der Waals surface area contributed by atoms with E-state index in [2.05, 4.69) is 353 Å². The van der Waals surface area contributed by atoms with Crippen LogP contribution in [-0.4, -0.2) is 38.2 Å². The lowest BCUT2D eigenvalue weighted by atomic mass is 9.95. The maximum atomic E-state index is 6.17. The van der Waals surface area contributed by atoms with E-state index < -0.39 is 0 Å². The third kappa shape index (κ3) is 9.65. The second kappa shape index (κ2) is 23.4.